The van der Waals surface area contributed by atoms with Gasteiger partial charge in [0, 0.05) is 11.8 Å². The van der Waals surface area contributed by atoms with Gasteiger partial charge in [0.1, 0.15) is 6.61 Å². The van der Waals surface area contributed by atoms with Crippen LogP contribution in [0.25, 0.3) is 0 Å². The van der Waals surface area contributed by atoms with Crippen LogP contribution < -0.4 is 5.32 Å². The number of alkyl carbamates (subject to hydrolysis) is 1. The normalized spacial score (nSPS) is 23.6. The smallest absolute Gasteiger partial charge is 0.407 e. The number of hydrogen-bond donors (Lipinski definition) is 2. The summed E-state index contributed by atoms with van der Waals surface area (Å²) >= 11 is 0. The summed E-state index contributed by atoms with van der Waals surface area (Å²) < 4.78 is 10.9. The molecule has 0 aromatic heterocycles. The molecule has 4 atom stereocenters. The number of ether oxygens (including phenoxy) is 2. The standard InChI is InChI=1S/C22H27NO5/c1-22(2,3)28-13-19(20(24)25)23-21(26)27-12-18-16-10-6-4-8-14(16)15-9-5-7-11-17(15)18/h4-11,14,16,18-19H,12-13H2,1-3H3,(H,23,26)(H,24,25)/t14?,16?,18?,19-/m0/s1. The van der Waals surface area contributed by atoms with E-state index < -0.39 is 23.7 Å². The number of allylic oxidation sites excluding steroid dienone is 4. The zero-order valence-corrected chi connectivity index (χ0v) is 16.4. The van der Waals surface area contributed by atoms with Crippen molar-refractivity contribution in [3.8, 4) is 0 Å². The van der Waals surface area contributed by atoms with Crippen LogP contribution in [0.1, 0.15) is 43.7 Å². The summed E-state index contributed by atoms with van der Waals surface area (Å²) in [7, 11) is 0. The molecule has 3 unspecified atom stereocenters. The Hall–Kier alpha value is -2.60. The molecule has 2 aliphatic carbocycles. The number of hydrogen-bond acceptors (Lipinski definition) is 4. The van der Waals surface area contributed by atoms with Crippen molar-refractivity contribution < 1.29 is 24.2 Å². The molecule has 0 heterocycles. The molecule has 0 spiro atoms. The number of amides is 1. The first kappa shape index (κ1) is 20.1. The number of carboxylic acids is 1. The van der Waals surface area contributed by atoms with Gasteiger partial charge in [-0.2, -0.15) is 0 Å². The minimum atomic E-state index is -1.16. The van der Waals surface area contributed by atoms with Crippen LogP contribution in [-0.2, 0) is 14.3 Å². The fraction of sp³-hybridized carbons (Fsp3) is 0.455. The van der Waals surface area contributed by atoms with E-state index in [0.717, 1.165) is 0 Å². The third-order valence-electron chi connectivity index (χ3n) is 5.06. The second-order valence-electron chi connectivity index (χ2n) is 8.17. The van der Waals surface area contributed by atoms with Gasteiger partial charge in [-0.05, 0) is 37.8 Å². The Morgan fingerprint density at radius 3 is 2.50 bits per heavy atom. The highest BCUT2D eigenvalue weighted by molar-refractivity contribution is 5.80. The number of nitrogens with one attached hydrogen (secondary N) is 1. The average Bonchev–Trinajstić information content (AvgIpc) is 2.96. The fourth-order valence-electron chi connectivity index (χ4n) is 3.74. The third kappa shape index (κ3) is 4.62. The lowest BCUT2D eigenvalue weighted by Crippen LogP contribution is -2.46. The van der Waals surface area contributed by atoms with Crippen molar-refractivity contribution in [3.63, 3.8) is 0 Å². The van der Waals surface area contributed by atoms with E-state index in [1.165, 1.54) is 11.1 Å². The van der Waals surface area contributed by atoms with Crippen molar-refractivity contribution in [1.29, 1.82) is 0 Å². The lowest BCUT2D eigenvalue weighted by Gasteiger charge is -2.24. The highest BCUT2D eigenvalue weighted by Gasteiger charge is 2.39. The van der Waals surface area contributed by atoms with E-state index in [4.69, 9.17) is 9.47 Å². The third-order valence-corrected chi connectivity index (χ3v) is 5.06. The summed E-state index contributed by atoms with van der Waals surface area (Å²) in [4.78, 5) is 23.6. The molecule has 0 saturated heterocycles. The van der Waals surface area contributed by atoms with Gasteiger partial charge in [0.25, 0.3) is 0 Å². The van der Waals surface area contributed by atoms with Crippen LogP contribution in [0.4, 0.5) is 4.79 Å². The topological polar surface area (TPSA) is 84.9 Å². The number of fused-ring (bicyclic) bond motifs is 3. The van der Waals surface area contributed by atoms with E-state index in [9.17, 15) is 14.7 Å². The van der Waals surface area contributed by atoms with E-state index in [-0.39, 0.29) is 31.0 Å². The van der Waals surface area contributed by atoms with E-state index in [0.29, 0.717) is 0 Å². The highest BCUT2D eigenvalue weighted by atomic mass is 16.6. The van der Waals surface area contributed by atoms with Crippen LogP contribution in [0.3, 0.4) is 0 Å². The molecule has 2 N–H and O–H groups in total. The van der Waals surface area contributed by atoms with Crippen LogP contribution in [0, 0.1) is 5.92 Å². The lowest BCUT2D eigenvalue weighted by molar-refractivity contribution is -0.142. The number of aliphatic carboxylic acids is 1. The molecule has 0 aliphatic heterocycles. The van der Waals surface area contributed by atoms with Crippen LogP contribution in [-0.4, -0.2) is 42.0 Å². The number of carbonyl (C=O) groups is 2. The van der Waals surface area contributed by atoms with Crippen molar-refractivity contribution in [3.05, 3.63) is 59.7 Å². The second-order valence-corrected chi connectivity index (χ2v) is 8.17. The molecule has 2 aliphatic rings. The van der Waals surface area contributed by atoms with Gasteiger partial charge in [-0.3, -0.25) is 0 Å². The summed E-state index contributed by atoms with van der Waals surface area (Å²) in [5.74, 6) is -0.602. The predicted molar refractivity (Wildman–Crippen MR) is 105 cm³/mol. The van der Waals surface area contributed by atoms with E-state index in [1.807, 2.05) is 45.1 Å². The quantitative estimate of drug-likeness (QED) is 0.781. The van der Waals surface area contributed by atoms with Crippen molar-refractivity contribution in [2.24, 2.45) is 5.92 Å². The Labute approximate surface area is 165 Å². The van der Waals surface area contributed by atoms with E-state index >= 15 is 0 Å². The minimum Gasteiger partial charge on any atom is -0.480 e. The molecule has 0 saturated carbocycles. The molecule has 1 aromatic carbocycles. The van der Waals surface area contributed by atoms with Crippen LogP contribution >= 0.6 is 0 Å². The monoisotopic (exact) mass is 385 g/mol. The first-order valence-electron chi connectivity index (χ1n) is 9.50. The highest BCUT2D eigenvalue weighted by Crippen LogP contribution is 2.49. The zero-order valence-electron chi connectivity index (χ0n) is 16.4. The Balaban J connectivity index is 1.61. The van der Waals surface area contributed by atoms with E-state index in [1.54, 1.807) is 0 Å². The maximum atomic E-state index is 12.2. The fourth-order valence-corrected chi connectivity index (χ4v) is 3.74. The van der Waals surface area contributed by atoms with Crippen LogP contribution in [0.15, 0.2) is 48.6 Å². The summed E-state index contributed by atoms with van der Waals surface area (Å²) in [5.41, 5.74) is 1.93. The summed E-state index contributed by atoms with van der Waals surface area (Å²) in [5, 5.41) is 11.7. The maximum Gasteiger partial charge on any atom is 0.407 e. The molecular weight excluding hydrogens is 358 g/mol. The van der Waals surface area contributed by atoms with Gasteiger partial charge >= 0.3 is 12.1 Å². The minimum absolute atomic E-state index is 0.0438. The van der Waals surface area contributed by atoms with Crippen molar-refractivity contribution >= 4 is 12.1 Å². The van der Waals surface area contributed by atoms with Crippen molar-refractivity contribution in [2.45, 2.75) is 44.2 Å². The Kier molecular flexibility index (Phi) is 5.89. The molecule has 1 aromatic rings. The first-order valence-corrected chi connectivity index (χ1v) is 9.50. The molecule has 1 amide bonds. The molecule has 3 rings (SSSR count). The first-order chi connectivity index (χ1) is 13.3. The van der Waals surface area contributed by atoms with E-state index in [2.05, 4.69) is 29.6 Å². The van der Waals surface area contributed by atoms with Gasteiger partial charge in [-0.15, -0.1) is 0 Å². The SMILES string of the molecule is CC(C)(C)OC[C@H](NC(=O)OCC1c2ccccc2C2C=CC=CC21)C(=O)O. The maximum absolute atomic E-state index is 12.2. The van der Waals surface area contributed by atoms with Crippen molar-refractivity contribution in [1.82, 2.24) is 5.32 Å². The molecule has 28 heavy (non-hydrogen) atoms. The second kappa shape index (κ2) is 8.19. The molecular formula is C22H27NO5. The van der Waals surface area contributed by atoms with Gasteiger partial charge < -0.3 is 19.9 Å². The molecule has 150 valence electrons. The summed E-state index contributed by atoms with van der Waals surface area (Å²) in [6, 6.07) is 7.03. The van der Waals surface area contributed by atoms with Gasteiger partial charge in [0.05, 0.1) is 12.2 Å². The number of carbonyl (C=O) groups excluding carboxylic acids is 1. The molecule has 0 fully saturated rings. The summed E-state index contributed by atoms with van der Waals surface area (Å²) in [6.45, 7) is 5.53. The van der Waals surface area contributed by atoms with Gasteiger partial charge in [0.2, 0.25) is 0 Å². The number of rotatable bonds is 6. The Morgan fingerprint density at radius 1 is 1.14 bits per heavy atom. The van der Waals surface area contributed by atoms with Gasteiger partial charge in [0.15, 0.2) is 6.04 Å². The molecule has 0 bridgehead atoms. The van der Waals surface area contributed by atoms with Crippen molar-refractivity contribution in [2.75, 3.05) is 13.2 Å². The predicted octanol–water partition coefficient (Wildman–Crippen LogP) is 3.60. The molecule has 6 nitrogen and oxygen atoms in total. The van der Waals surface area contributed by atoms with Crippen LogP contribution in [0.2, 0.25) is 0 Å². The van der Waals surface area contributed by atoms with Gasteiger partial charge in [-0.1, -0.05) is 48.6 Å². The van der Waals surface area contributed by atoms with Gasteiger partial charge in [-0.25, -0.2) is 9.59 Å². The largest absolute Gasteiger partial charge is 0.480 e. The Bertz CT molecular complexity index is 792. The lowest BCUT2D eigenvalue weighted by atomic mass is 9.84. The summed E-state index contributed by atoms with van der Waals surface area (Å²) in [6.07, 6.45) is 7.63. The number of carboxylic acid groups (broad SMARTS) is 1. The zero-order chi connectivity index (χ0) is 20.3. The van der Waals surface area contributed by atoms with Crippen LogP contribution in [0.5, 0.6) is 0 Å². The number of benzene rings is 1. The Morgan fingerprint density at radius 2 is 1.82 bits per heavy atom. The molecule has 0 radical (unpaired) electrons. The molecule has 6 heteroatoms. The average molecular weight is 385 g/mol.